The molecule has 0 aliphatic heterocycles. The van der Waals surface area contributed by atoms with Crippen LogP contribution in [0.3, 0.4) is 0 Å². The van der Waals surface area contributed by atoms with Crippen molar-refractivity contribution in [3.8, 4) is 5.75 Å². The molecule has 0 saturated carbocycles. The van der Waals surface area contributed by atoms with Crippen LogP contribution in [0.2, 0.25) is 10.0 Å². The Hall–Kier alpha value is -1.72. The third-order valence-electron chi connectivity index (χ3n) is 4.03. The number of aromatic nitrogens is 1. The minimum Gasteiger partial charge on any atom is -0.492 e. The number of benzene rings is 1. The summed E-state index contributed by atoms with van der Waals surface area (Å²) < 4.78 is 7.11. The Morgan fingerprint density at radius 2 is 1.96 bits per heavy atom. The molecule has 5 nitrogen and oxygen atoms in total. The van der Waals surface area contributed by atoms with Crippen LogP contribution in [0.15, 0.2) is 12.3 Å². The second-order valence-corrected chi connectivity index (χ2v) is 6.63. The van der Waals surface area contributed by atoms with Gasteiger partial charge in [-0.2, -0.15) is 0 Å². The maximum Gasteiger partial charge on any atom is 0.230 e. The van der Waals surface area contributed by atoms with Crippen molar-refractivity contribution in [2.75, 3.05) is 13.2 Å². The van der Waals surface area contributed by atoms with Crippen LogP contribution in [0.4, 0.5) is 0 Å². The minimum absolute atomic E-state index is 0.0102. The number of hydrogen-bond donors (Lipinski definition) is 1. The van der Waals surface area contributed by atoms with Crippen LogP contribution in [0.5, 0.6) is 5.75 Å². The largest absolute Gasteiger partial charge is 0.492 e. The summed E-state index contributed by atoms with van der Waals surface area (Å²) in [6.45, 7) is 8.01. The molecular formula is C18H22Cl2N2O3. The fraction of sp³-hybridized carbons (Fsp3) is 0.444. The highest BCUT2D eigenvalue weighted by Gasteiger charge is 2.23. The summed E-state index contributed by atoms with van der Waals surface area (Å²) in [7, 11) is 0. The summed E-state index contributed by atoms with van der Waals surface area (Å²) >= 11 is 12.8. The van der Waals surface area contributed by atoms with E-state index in [1.54, 1.807) is 17.7 Å². The van der Waals surface area contributed by atoms with E-state index >= 15 is 0 Å². The number of rotatable bonds is 6. The van der Waals surface area contributed by atoms with E-state index in [4.69, 9.17) is 27.9 Å². The number of halogens is 2. The van der Waals surface area contributed by atoms with Crippen molar-refractivity contribution in [1.29, 1.82) is 0 Å². The Morgan fingerprint density at radius 1 is 1.28 bits per heavy atom. The monoisotopic (exact) mass is 384 g/mol. The van der Waals surface area contributed by atoms with E-state index in [0.29, 0.717) is 40.9 Å². The molecule has 1 aromatic heterocycles. The van der Waals surface area contributed by atoms with Crippen LogP contribution < -0.4 is 10.1 Å². The average molecular weight is 385 g/mol. The summed E-state index contributed by atoms with van der Waals surface area (Å²) in [4.78, 5) is 23.6. The molecule has 1 unspecified atom stereocenters. The Labute approximate surface area is 157 Å². The molecule has 7 heteroatoms. The van der Waals surface area contributed by atoms with E-state index in [1.165, 1.54) is 6.92 Å². The van der Waals surface area contributed by atoms with Crippen molar-refractivity contribution in [2.45, 2.75) is 40.0 Å². The minimum atomic E-state index is -0.101. The molecule has 0 saturated heterocycles. The maximum atomic E-state index is 12.4. The lowest BCUT2D eigenvalue weighted by Crippen LogP contribution is -2.24. The number of ether oxygens (including phenoxy) is 1. The smallest absolute Gasteiger partial charge is 0.230 e. The average Bonchev–Trinajstić information content (AvgIpc) is 2.96. The highest BCUT2D eigenvalue weighted by atomic mass is 35.5. The number of carbonyl (C=O) groups is 2. The molecule has 2 rings (SSSR count). The van der Waals surface area contributed by atoms with Crippen LogP contribution in [0.25, 0.3) is 10.9 Å². The quantitative estimate of drug-likeness (QED) is 0.788. The molecule has 0 fully saturated rings. The molecule has 136 valence electrons. The second kappa shape index (κ2) is 8.11. The summed E-state index contributed by atoms with van der Waals surface area (Å²) in [5, 5.41) is 4.19. The van der Waals surface area contributed by atoms with Gasteiger partial charge >= 0.3 is 0 Å². The Kier molecular flexibility index (Phi) is 6.36. The van der Waals surface area contributed by atoms with Crippen LogP contribution in [-0.4, -0.2) is 29.5 Å². The molecular weight excluding hydrogens is 363 g/mol. The summed E-state index contributed by atoms with van der Waals surface area (Å²) in [5.41, 5.74) is 1.48. The fourth-order valence-electron chi connectivity index (χ4n) is 2.75. The van der Waals surface area contributed by atoms with Crippen LogP contribution >= 0.6 is 23.2 Å². The molecule has 0 spiro atoms. The van der Waals surface area contributed by atoms with E-state index in [9.17, 15) is 9.59 Å². The third-order valence-corrected chi connectivity index (χ3v) is 4.87. The van der Waals surface area contributed by atoms with Crippen LogP contribution in [0, 0.1) is 0 Å². The number of amides is 1. The van der Waals surface area contributed by atoms with Gasteiger partial charge in [-0.05, 0) is 18.6 Å². The maximum absolute atomic E-state index is 12.4. The molecule has 0 aliphatic carbocycles. The molecule has 0 bridgehead atoms. The van der Waals surface area contributed by atoms with Gasteiger partial charge in [-0.3, -0.25) is 14.2 Å². The molecule has 1 atom stereocenters. The van der Waals surface area contributed by atoms with Crippen LogP contribution in [0.1, 0.15) is 50.4 Å². The zero-order valence-corrected chi connectivity index (χ0v) is 16.3. The molecule has 1 amide bonds. The Bertz CT molecular complexity index is 814. The first-order chi connectivity index (χ1) is 11.8. The van der Waals surface area contributed by atoms with Crippen molar-refractivity contribution >= 4 is 45.9 Å². The predicted molar refractivity (Wildman–Crippen MR) is 101 cm³/mol. The van der Waals surface area contributed by atoms with Gasteiger partial charge in [0, 0.05) is 37.4 Å². The molecule has 25 heavy (non-hydrogen) atoms. The first kappa shape index (κ1) is 19.6. The van der Waals surface area contributed by atoms with E-state index in [2.05, 4.69) is 5.32 Å². The molecule has 1 aromatic carbocycles. The van der Waals surface area contributed by atoms with E-state index < -0.39 is 0 Å². The van der Waals surface area contributed by atoms with E-state index in [-0.39, 0.29) is 17.7 Å². The molecule has 0 radical (unpaired) electrons. The van der Waals surface area contributed by atoms with Crippen molar-refractivity contribution in [2.24, 2.45) is 0 Å². The zero-order chi connectivity index (χ0) is 18.7. The summed E-state index contributed by atoms with van der Waals surface area (Å²) in [6, 6.07) is 1.81. The van der Waals surface area contributed by atoms with Gasteiger partial charge in [-0.25, -0.2) is 0 Å². The van der Waals surface area contributed by atoms with Crippen molar-refractivity contribution < 1.29 is 14.3 Å². The topological polar surface area (TPSA) is 60.3 Å². The number of fused-ring (bicyclic) bond motifs is 1. The van der Waals surface area contributed by atoms with Gasteiger partial charge in [0.25, 0.3) is 0 Å². The first-order valence-corrected chi connectivity index (χ1v) is 9.00. The van der Waals surface area contributed by atoms with E-state index in [1.807, 2.05) is 19.9 Å². The highest BCUT2D eigenvalue weighted by molar-refractivity contribution is 6.46. The van der Waals surface area contributed by atoms with Crippen molar-refractivity contribution in [3.05, 3.63) is 27.9 Å². The molecule has 0 aliphatic rings. The predicted octanol–water partition coefficient (Wildman–Crippen LogP) is 4.64. The normalized spacial score (nSPS) is 12.2. The van der Waals surface area contributed by atoms with Gasteiger partial charge in [-0.1, -0.05) is 37.0 Å². The Balaban J connectivity index is 2.68. The van der Waals surface area contributed by atoms with E-state index in [0.717, 1.165) is 10.9 Å². The second-order valence-electron chi connectivity index (χ2n) is 5.87. The zero-order valence-electron chi connectivity index (χ0n) is 14.8. The Morgan fingerprint density at radius 3 is 2.52 bits per heavy atom. The lowest BCUT2D eigenvalue weighted by atomic mass is 10.0. The summed E-state index contributed by atoms with van der Waals surface area (Å²) in [5.74, 6) is 0.293. The van der Waals surface area contributed by atoms with Gasteiger partial charge in [0.1, 0.15) is 10.8 Å². The molecule has 1 heterocycles. The lowest BCUT2D eigenvalue weighted by Gasteiger charge is -2.13. The SMILES string of the molecule is CCOc1cc2c(C(C)CNC(C)=O)cn(C(=O)CC)c2c(Cl)c1Cl. The van der Waals surface area contributed by atoms with Gasteiger partial charge in [0.05, 0.1) is 17.1 Å². The van der Waals surface area contributed by atoms with Crippen LogP contribution in [-0.2, 0) is 4.79 Å². The van der Waals surface area contributed by atoms with Crippen molar-refractivity contribution in [3.63, 3.8) is 0 Å². The summed E-state index contributed by atoms with van der Waals surface area (Å²) in [6.07, 6.45) is 2.12. The number of carbonyl (C=O) groups excluding carboxylic acids is 2. The van der Waals surface area contributed by atoms with Gasteiger partial charge in [0.15, 0.2) is 0 Å². The van der Waals surface area contributed by atoms with Gasteiger partial charge in [0.2, 0.25) is 11.8 Å². The highest BCUT2D eigenvalue weighted by Crippen LogP contribution is 2.42. The van der Waals surface area contributed by atoms with Gasteiger partial charge in [-0.15, -0.1) is 0 Å². The lowest BCUT2D eigenvalue weighted by molar-refractivity contribution is -0.119. The fourth-order valence-corrected chi connectivity index (χ4v) is 3.23. The first-order valence-electron chi connectivity index (χ1n) is 8.25. The molecule has 1 N–H and O–H groups in total. The molecule has 2 aromatic rings. The number of nitrogens with zero attached hydrogens (tertiary/aromatic N) is 1. The van der Waals surface area contributed by atoms with Gasteiger partial charge < -0.3 is 10.1 Å². The number of nitrogens with one attached hydrogen (secondary N) is 1. The standard InChI is InChI=1S/C18H22Cl2N2O3/c1-5-15(24)22-9-13(10(3)8-21-11(4)23)12-7-14(25-6-2)16(19)17(20)18(12)22/h7,9-10H,5-6,8H2,1-4H3,(H,21,23). The number of hydrogen-bond acceptors (Lipinski definition) is 3. The third kappa shape index (κ3) is 3.93. The van der Waals surface area contributed by atoms with Crippen molar-refractivity contribution in [1.82, 2.24) is 9.88 Å².